The van der Waals surface area contributed by atoms with Gasteiger partial charge in [-0.2, -0.15) is 0 Å². The summed E-state index contributed by atoms with van der Waals surface area (Å²) in [5, 5.41) is 13.7. The van der Waals surface area contributed by atoms with Crippen LogP contribution in [0.4, 0.5) is 22.0 Å². The second kappa shape index (κ2) is 9.21. The van der Waals surface area contributed by atoms with Crippen LogP contribution < -0.4 is 10.2 Å². The van der Waals surface area contributed by atoms with Gasteiger partial charge in [0.2, 0.25) is 0 Å². The van der Waals surface area contributed by atoms with Crippen LogP contribution in [0.5, 0.6) is 0 Å². The van der Waals surface area contributed by atoms with E-state index in [1.165, 1.54) is 17.8 Å². The summed E-state index contributed by atoms with van der Waals surface area (Å²) >= 11 is 0. The quantitative estimate of drug-likeness (QED) is 0.503. The molecule has 1 saturated heterocycles. The number of hydrogen-bond acceptors (Lipinski definition) is 6. The number of nitrogens with zero attached hydrogens (tertiary/aromatic N) is 5. The van der Waals surface area contributed by atoms with Crippen molar-refractivity contribution in [3.8, 4) is 0 Å². The first-order valence-corrected chi connectivity index (χ1v) is 9.98. The van der Waals surface area contributed by atoms with Gasteiger partial charge in [0.15, 0.2) is 6.20 Å². The molecule has 1 aromatic carbocycles. The molecule has 0 saturated carbocycles. The number of anilines is 2. The molecule has 4 rings (SSSR count). The maximum atomic E-state index is 12.6. The van der Waals surface area contributed by atoms with Gasteiger partial charge in [0, 0.05) is 50.3 Å². The number of benzene rings is 1. The predicted molar refractivity (Wildman–Crippen MR) is 117 cm³/mol. The summed E-state index contributed by atoms with van der Waals surface area (Å²) in [6.45, 7) is 2.39. The summed E-state index contributed by atoms with van der Waals surface area (Å²) in [5.74, 6) is -0.173. The average molecular weight is 418 g/mol. The van der Waals surface area contributed by atoms with E-state index in [9.17, 15) is 14.9 Å². The molecule has 3 aromatic rings. The van der Waals surface area contributed by atoms with Crippen molar-refractivity contribution in [3.63, 3.8) is 0 Å². The average Bonchev–Trinajstić information content (AvgIpc) is 2.81. The summed E-state index contributed by atoms with van der Waals surface area (Å²) < 4.78 is 0. The molecule has 2 amide bonds. The summed E-state index contributed by atoms with van der Waals surface area (Å²) in [6, 6.07) is 14.8. The third-order valence-electron chi connectivity index (χ3n) is 5.21. The molecule has 0 unspecified atom stereocenters. The molecular weight excluding hydrogens is 396 g/mol. The molecule has 1 N–H and O–H groups in total. The van der Waals surface area contributed by atoms with Gasteiger partial charge in [0.05, 0.1) is 5.69 Å². The second-order valence-electron chi connectivity index (χ2n) is 7.27. The molecule has 1 fully saturated rings. The van der Waals surface area contributed by atoms with E-state index < -0.39 is 4.92 Å². The van der Waals surface area contributed by atoms with Gasteiger partial charge in [-0.25, -0.2) is 4.79 Å². The van der Waals surface area contributed by atoms with Crippen LogP contribution in [0.25, 0.3) is 0 Å². The van der Waals surface area contributed by atoms with Gasteiger partial charge in [-0.05, 0) is 57.8 Å². The van der Waals surface area contributed by atoms with E-state index in [1.54, 1.807) is 23.4 Å². The van der Waals surface area contributed by atoms with Gasteiger partial charge in [0.25, 0.3) is 0 Å². The maximum absolute atomic E-state index is 12.6. The van der Waals surface area contributed by atoms with Crippen LogP contribution in [-0.4, -0.2) is 52.0 Å². The second-order valence-corrected chi connectivity index (χ2v) is 7.27. The Hall–Kier alpha value is -4.01. The van der Waals surface area contributed by atoms with Gasteiger partial charge < -0.3 is 25.2 Å². The van der Waals surface area contributed by atoms with E-state index in [0.29, 0.717) is 26.2 Å². The molecule has 0 atom stereocenters. The van der Waals surface area contributed by atoms with Gasteiger partial charge in [-0.15, -0.1) is 0 Å². The number of carbonyl (C=O) groups excluding carboxylic acids is 1. The van der Waals surface area contributed by atoms with Crippen LogP contribution in [0.3, 0.4) is 0 Å². The number of urea groups is 1. The van der Waals surface area contributed by atoms with Crippen molar-refractivity contribution < 1.29 is 9.72 Å². The molecule has 0 radical (unpaired) electrons. The standard InChI is InChI=1S/C22H22N6O3/c29-22(25-19-3-1-17(2-4-19)15-18-7-9-23-10-8-18)27-13-11-26(12-14-27)20-5-6-21(24-16-20)28(30)31/h1-10,16H,11-15H2,(H,25,29). The first-order chi connectivity index (χ1) is 15.1. The Labute approximate surface area is 179 Å². The van der Waals surface area contributed by atoms with Crippen LogP contribution in [0.1, 0.15) is 11.1 Å². The number of piperazine rings is 1. The number of rotatable bonds is 5. The molecule has 3 heterocycles. The normalized spacial score (nSPS) is 13.7. The molecule has 158 valence electrons. The third kappa shape index (κ3) is 5.13. The summed E-state index contributed by atoms with van der Waals surface area (Å²) in [5.41, 5.74) is 3.92. The van der Waals surface area contributed by atoms with Crippen LogP contribution in [0, 0.1) is 10.1 Å². The number of amides is 2. The van der Waals surface area contributed by atoms with Gasteiger partial charge >= 0.3 is 11.8 Å². The number of carbonyl (C=O) groups is 1. The molecule has 1 aliphatic rings. The molecule has 0 aliphatic carbocycles. The lowest BCUT2D eigenvalue weighted by atomic mass is 10.1. The molecule has 1 aliphatic heterocycles. The highest BCUT2D eigenvalue weighted by Gasteiger charge is 2.22. The van der Waals surface area contributed by atoms with E-state index in [1.807, 2.05) is 36.4 Å². The highest BCUT2D eigenvalue weighted by Crippen LogP contribution is 2.19. The van der Waals surface area contributed by atoms with Crippen molar-refractivity contribution >= 4 is 23.2 Å². The van der Waals surface area contributed by atoms with E-state index in [0.717, 1.165) is 23.4 Å². The molecular formula is C22H22N6O3. The van der Waals surface area contributed by atoms with Crippen molar-refractivity contribution in [3.05, 3.63) is 88.4 Å². The van der Waals surface area contributed by atoms with Crippen molar-refractivity contribution in [2.24, 2.45) is 0 Å². The van der Waals surface area contributed by atoms with E-state index in [-0.39, 0.29) is 11.8 Å². The number of aromatic nitrogens is 2. The molecule has 9 nitrogen and oxygen atoms in total. The Morgan fingerprint density at radius 2 is 1.65 bits per heavy atom. The number of hydrogen-bond donors (Lipinski definition) is 1. The van der Waals surface area contributed by atoms with E-state index in [2.05, 4.69) is 20.2 Å². The minimum absolute atomic E-state index is 0.136. The summed E-state index contributed by atoms with van der Waals surface area (Å²) in [4.78, 5) is 34.5. The first-order valence-electron chi connectivity index (χ1n) is 9.98. The van der Waals surface area contributed by atoms with Gasteiger partial charge in [-0.1, -0.05) is 12.1 Å². The van der Waals surface area contributed by atoms with E-state index in [4.69, 9.17) is 0 Å². The van der Waals surface area contributed by atoms with Gasteiger partial charge in [-0.3, -0.25) is 4.98 Å². The zero-order chi connectivity index (χ0) is 21.6. The third-order valence-corrected chi connectivity index (χ3v) is 5.21. The lowest BCUT2D eigenvalue weighted by Gasteiger charge is -2.35. The summed E-state index contributed by atoms with van der Waals surface area (Å²) in [7, 11) is 0. The highest BCUT2D eigenvalue weighted by molar-refractivity contribution is 5.89. The van der Waals surface area contributed by atoms with Crippen LogP contribution >= 0.6 is 0 Å². The summed E-state index contributed by atoms with van der Waals surface area (Å²) in [6.07, 6.45) is 5.88. The van der Waals surface area contributed by atoms with Crippen LogP contribution in [0.15, 0.2) is 67.1 Å². The van der Waals surface area contributed by atoms with Crippen LogP contribution in [0.2, 0.25) is 0 Å². The van der Waals surface area contributed by atoms with Crippen molar-refractivity contribution in [2.75, 3.05) is 36.4 Å². The maximum Gasteiger partial charge on any atom is 0.363 e. The fourth-order valence-corrected chi connectivity index (χ4v) is 3.49. The minimum atomic E-state index is -0.516. The Kier molecular flexibility index (Phi) is 6.02. The fourth-order valence-electron chi connectivity index (χ4n) is 3.49. The lowest BCUT2D eigenvalue weighted by Crippen LogP contribution is -2.50. The molecule has 0 spiro atoms. The number of nitro groups is 1. The molecule has 9 heteroatoms. The first kappa shape index (κ1) is 20.3. The fraction of sp³-hybridized carbons (Fsp3) is 0.227. The van der Waals surface area contributed by atoms with Crippen LogP contribution in [-0.2, 0) is 6.42 Å². The molecule has 2 aromatic heterocycles. The van der Waals surface area contributed by atoms with Crippen molar-refractivity contribution in [1.82, 2.24) is 14.9 Å². The minimum Gasteiger partial charge on any atom is -0.365 e. The SMILES string of the molecule is O=C(Nc1ccc(Cc2ccncc2)cc1)N1CCN(c2ccc([N+](=O)[O-])nc2)CC1. The van der Waals surface area contributed by atoms with Crippen molar-refractivity contribution in [1.29, 1.82) is 0 Å². The van der Waals surface area contributed by atoms with Gasteiger partial charge in [0.1, 0.15) is 0 Å². The zero-order valence-electron chi connectivity index (χ0n) is 16.8. The molecule has 31 heavy (non-hydrogen) atoms. The Morgan fingerprint density at radius 3 is 2.26 bits per heavy atom. The highest BCUT2D eigenvalue weighted by atomic mass is 16.6. The monoisotopic (exact) mass is 418 g/mol. The van der Waals surface area contributed by atoms with Crippen molar-refractivity contribution in [2.45, 2.75) is 6.42 Å². The Morgan fingerprint density at radius 1 is 0.968 bits per heavy atom. The smallest absolute Gasteiger partial charge is 0.363 e. The molecule has 0 bridgehead atoms. The predicted octanol–water partition coefficient (Wildman–Crippen LogP) is 3.33. The van der Waals surface area contributed by atoms with E-state index >= 15 is 0 Å². The Bertz CT molecular complexity index is 1030. The largest absolute Gasteiger partial charge is 0.365 e. The zero-order valence-corrected chi connectivity index (χ0v) is 16.8. The number of nitrogens with one attached hydrogen (secondary N) is 1. The number of pyridine rings is 2. The lowest BCUT2D eigenvalue weighted by molar-refractivity contribution is -0.389. The Balaban J connectivity index is 1.28. The topological polar surface area (TPSA) is 105 Å².